The van der Waals surface area contributed by atoms with E-state index in [-0.39, 0.29) is 0 Å². The molecule has 1 heterocycles. The summed E-state index contributed by atoms with van der Waals surface area (Å²) < 4.78 is 5.83. The third kappa shape index (κ3) is 2.55. The first kappa shape index (κ1) is 13.8. The molecule has 0 bridgehead atoms. The molecule has 0 saturated heterocycles. The molecule has 0 aliphatic carbocycles. The predicted octanol–water partition coefficient (Wildman–Crippen LogP) is 3.77. The zero-order valence-electron chi connectivity index (χ0n) is 11.3. The number of para-hydroxylation sites is 1. The average Bonchev–Trinajstić information content (AvgIpc) is 2.50. The van der Waals surface area contributed by atoms with E-state index in [0.29, 0.717) is 5.06 Å². The van der Waals surface area contributed by atoms with Crippen molar-refractivity contribution >= 4 is 17.8 Å². The van der Waals surface area contributed by atoms with Gasteiger partial charge in [0, 0.05) is 0 Å². The zero-order chi connectivity index (χ0) is 15.0. The first-order chi connectivity index (χ1) is 10.1. The Bertz CT molecular complexity index is 705. The minimum Gasteiger partial charge on any atom is -0.455 e. The first-order valence-corrected chi connectivity index (χ1v) is 7.24. The van der Waals surface area contributed by atoms with E-state index in [9.17, 15) is 10.0 Å². The summed E-state index contributed by atoms with van der Waals surface area (Å²) in [6, 6.07) is 11.9. The van der Waals surface area contributed by atoms with Crippen molar-refractivity contribution in [2.75, 3.05) is 0 Å². The summed E-state index contributed by atoms with van der Waals surface area (Å²) in [5.74, 6) is 1.59. The van der Waals surface area contributed by atoms with Crippen molar-refractivity contribution in [3.05, 3.63) is 48.0 Å². The van der Waals surface area contributed by atoms with Gasteiger partial charge in [-0.25, -0.2) is 4.79 Å². The Hall–Kier alpha value is -2.18. The Kier molecular flexibility index (Phi) is 3.48. The average molecular weight is 302 g/mol. The maximum Gasteiger partial charge on any atom is 0.339 e. The maximum atomic E-state index is 11.0. The molecule has 0 spiro atoms. The summed E-state index contributed by atoms with van der Waals surface area (Å²) in [5, 5.41) is 10.1. The van der Waals surface area contributed by atoms with E-state index < -0.39 is 12.1 Å². The molecule has 21 heavy (non-hydrogen) atoms. The van der Waals surface area contributed by atoms with Crippen molar-refractivity contribution < 1.29 is 14.7 Å². The number of carbonyl (C=O) groups is 1. The van der Waals surface area contributed by atoms with Crippen molar-refractivity contribution in [3.8, 4) is 11.5 Å². The lowest BCUT2D eigenvalue weighted by Gasteiger charge is -2.24. The molecule has 1 aliphatic rings. The van der Waals surface area contributed by atoms with E-state index in [2.05, 4.69) is 0 Å². The van der Waals surface area contributed by atoms with Crippen molar-refractivity contribution in [1.29, 1.82) is 0 Å². The van der Waals surface area contributed by atoms with Crippen LogP contribution in [0.15, 0.2) is 52.3 Å². The summed E-state index contributed by atoms with van der Waals surface area (Å²) in [6.45, 7) is 1.70. The Labute approximate surface area is 126 Å². The number of hydrogen-bond donors (Lipinski definition) is 2. The third-order valence-corrected chi connectivity index (χ3v) is 4.43. The molecular formula is C15H14N2O3S. The number of ether oxygens (including phenoxy) is 1. The van der Waals surface area contributed by atoms with Crippen molar-refractivity contribution in [3.63, 3.8) is 0 Å². The lowest BCUT2D eigenvalue weighted by atomic mass is 10.1. The summed E-state index contributed by atoms with van der Waals surface area (Å²) in [7, 11) is 0. The minimum absolute atomic E-state index is 0.518. The van der Waals surface area contributed by atoms with Crippen LogP contribution in [0.2, 0.25) is 0 Å². The second-order valence-electron chi connectivity index (χ2n) is 4.72. The van der Waals surface area contributed by atoms with E-state index in [1.807, 2.05) is 42.5 Å². The van der Waals surface area contributed by atoms with Gasteiger partial charge in [0.2, 0.25) is 0 Å². The second-order valence-corrected chi connectivity index (χ2v) is 5.80. The van der Waals surface area contributed by atoms with Gasteiger partial charge in [-0.3, -0.25) is 5.21 Å². The Morgan fingerprint density at radius 2 is 1.95 bits per heavy atom. The van der Waals surface area contributed by atoms with Gasteiger partial charge < -0.3 is 10.5 Å². The van der Waals surface area contributed by atoms with E-state index in [4.69, 9.17) is 10.5 Å². The Balaban J connectivity index is 1.92. The molecule has 3 N–H and O–H groups in total. The second kappa shape index (κ2) is 5.31. The number of rotatable bonds is 2. The number of primary amides is 1. The van der Waals surface area contributed by atoms with Gasteiger partial charge in [0.25, 0.3) is 0 Å². The first-order valence-electron chi connectivity index (χ1n) is 6.42. The van der Waals surface area contributed by atoms with E-state index in [0.717, 1.165) is 26.9 Å². The zero-order valence-corrected chi connectivity index (χ0v) is 12.1. The lowest BCUT2D eigenvalue weighted by Crippen LogP contribution is -2.34. The molecular weight excluding hydrogens is 288 g/mol. The minimum atomic E-state index is -0.880. The molecule has 6 heteroatoms. The number of nitrogens with two attached hydrogens (primary N) is 1. The molecule has 2 aromatic rings. The molecule has 1 atom stereocenters. The van der Waals surface area contributed by atoms with Crippen molar-refractivity contribution in [2.45, 2.75) is 22.8 Å². The van der Waals surface area contributed by atoms with Gasteiger partial charge in [0.1, 0.15) is 11.5 Å². The largest absolute Gasteiger partial charge is 0.455 e. The van der Waals surface area contributed by atoms with Gasteiger partial charge in [0.05, 0.1) is 15.8 Å². The molecule has 2 amide bonds. The van der Waals surface area contributed by atoms with Gasteiger partial charge in [-0.15, -0.1) is 0 Å². The fourth-order valence-corrected chi connectivity index (χ4v) is 3.14. The highest BCUT2D eigenvalue weighted by atomic mass is 32.2. The van der Waals surface area contributed by atoms with Gasteiger partial charge in [0.15, 0.2) is 0 Å². The van der Waals surface area contributed by atoms with Crippen LogP contribution in [0.3, 0.4) is 0 Å². The number of urea groups is 1. The van der Waals surface area contributed by atoms with Crippen LogP contribution >= 0.6 is 11.8 Å². The Morgan fingerprint density at radius 3 is 2.71 bits per heavy atom. The number of hydroxylamine groups is 2. The summed E-state index contributed by atoms with van der Waals surface area (Å²) in [4.78, 5) is 13.0. The standard InChI is InChI=1S/C15H14N2O3S/c1-9(17(19)15(16)18)10-6-7-12-14(8-10)21-13-5-3-2-4-11(13)20-12/h2-9,19H,1H3,(H2,16,18). The highest BCUT2D eigenvalue weighted by molar-refractivity contribution is 7.99. The highest BCUT2D eigenvalue weighted by Gasteiger charge is 2.22. The van der Waals surface area contributed by atoms with Crippen molar-refractivity contribution in [1.82, 2.24) is 5.06 Å². The third-order valence-electron chi connectivity index (χ3n) is 3.33. The van der Waals surface area contributed by atoms with Crippen LogP contribution in [0.1, 0.15) is 18.5 Å². The highest BCUT2D eigenvalue weighted by Crippen LogP contribution is 2.47. The number of benzene rings is 2. The number of nitrogens with zero attached hydrogens (tertiary/aromatic N) is 1. The number of amides is 2. The van der Waals surface area contributed by atoms with Gasteiger partial charge >= 0.3 is 6.03 Å². The van der Waals surface area contributed by atoms with E-state index >= 15 is 0 Å². The molecule has 1 unspecified atom stereocenters. The van der Waals surface area contributed by atoms with Gasteiger partial charge in [-0.2, -0.15) is 5.06 Å². The number of hydrogen-bond acceptors (Lipinski definition) is 4. The van der Waals surface area contributed by atoms with E-state index in [1.54, 1.807) is 18.7 Å². The monoisotopic (exact) mass is 302 g/mol. The van der Waals surface area contributed by atoms with Crippen molar-refractivity contribution in [2.24, 2.45) is 5.73 Å². The quantitative estimate of drug-likeness (QED) is 0.558. The molecule has 108 valence electrons. The molecule has 0 fully saturated rings. The molecule has 0 aromatic heterocycles. The number of carbonyl (C=O) groups excluding carboxylic acids is 1. The topological polar surface area (TPSA) is 75.8 Å². The fraction of sp³-hybridized carbons (Fsp3) is 0.133. The van der Waals surface area contributed by atoms with Crippen LogP contribution in [0.25, 0.3) is 0 Å². The van der Waals surface area contributed by atoms with Crippen LogP contribution in [-0.2, 0) is 0 Å². The normalized spacial score (nSPS) is 13.6. The van der Waals surface area contributed by atoms with E-state index in [1.165, 1.54) is 0 Å². The smallest absolute Gasteiger partial charge is 0.339 e. The summed E-state index contributed by atoms with van der Waals surface area (Å²) in [5.41, 5.74) is 5.87. The molecule has 1 aliphatic heterocycles. The predicted molar refractivity (Wildman–Crippen MR) is 78.7 cm³/mol. The number of fused-ring (bicyclic) bond motifs is 2. The fourth-order valence-electron chi connectivity index (χ4n) is 2.14. The maximum absolute atomic E-state index is 11.0. The van der Waals surface area contributed by atoms with Crippen LogP contribution in [0.4, 0.5) is 4.79 Å². The molecule has 0 radical (unpaired) electrons. The van der Waals surface area contributed by atoms with Gasteiger partial charge in [-0.05, 0) is 36.8 Å². The summed E-state index contributed by atoms with van der Waals surface area (Å²) >= 11 is 1.59. The van der Waals surface area contributed by atoms with Crippen LogP contribution < -0.4 is 10.5 Å². The molecule has 3 rings (SSSR count). The van der Waals surface area contributed by atoms with Crippen LogP contribution in [0.5, 0.6) is 11.5 Å². The van der Waals surface area contributed by atoms with Crippen LogP contribution in [-0.4, -0.2) is 16.3 Å². The van der Waals surface area contributed by atoms with Gasteiger partial charge in [-0.1, -0.05) is 30.0 Å². The molecule has 5 nitrogen and oxygen atoms in total. The summed E-state index contributed by atoms with van der Waals surface area (Å²) in [6.07, 6.45) is 0. The lowest BCUT2D eigenvalue weighted by molar-refractivity contribution is -0.0710. The van der Waals surface area contributed by atoms with Crippen LogP contribution in [0, 0.1) is 0 Å². The Morgan fingerprint density at radius 1 is 1.24 bits per heavy atom. The SMILES string of the molecule is CC(c1ccc2c(c1)Sc1ccccc1O2)N(O)C(N)=O. The molecule has 2 aromatic carbocycles. The molecule has 0 saturated carbocycles.